The summed E-state index contributed by atoms with van der Waals surface area (Å²) in [6.45, 7) is 5.03. The number of carbonyl (C=O) groups is 1. The number of hydrogen-bond donors (Lipinski definition) is 1. The van der Waals surface area contributed by atoms with Crippen LogP contribution in [0.15, 0.2) is 27.5 Å². The third-order valence-corrected chi connectivity index (χ3v) is 4.29. The summed E-state index contributed by atoms with van der Waals surface area (Å²) >= 11 is 0. The Bertz CT molecular complexity index is 1070. The first-order valence-corrected chi connectivity index (χ1v) is 8.25. The van der Waals surface area contributed by atoms with Gasteiger partial charge >= 0.3 is 0 Å². The van der Waals surface area contributed by atoms with Gasteiger partial charge in [-0.25, -0.2) is 4.68 Å². The minimum Gasteiger partial charge on any atom is -0.493 e. The van der Waals surface area contributed by atoms with Crippen LogP contribution >= 0.6 is 0 Å². The molecule has 0 spiro atoms. The lowest BCUT2D eigenvalue weighted by atomic mass is 10.2. The maximum Gasteiger partial charge on any atom is 0.297 e. The number of rotatable bonds is 5. The largest absolute Gasteiger partial charge is 0.493 e. The van der Waals surface area contributed by atoms with Gasteiger partial charge < -0.3 is 19.3 Å². The van der Waals surface area contributed by atoms with Crippen LogP contribution in [0.3, 0.4) is 0 Å². The van der Waals surface area contributed by atoms with E-state index in [0.29, 0.717) is 34.0 Å². The van der Waals surface area contributed by atoms with Gasteiger partial charge in [0, 0.05) is 11.8 Å². The predicted octanol–water partition coefficient (Wildman–Crippen LogP) is 2.22. The van der Waals surface area contributed by atoms with Crippen molar-refractivity contribution in [1.82, 2.24) is 14.9 Å². The number of aryl methyl sites for hydroxylation is 2. The fourth-order valence-corrected chi connectivity index (χ4v) is 2.84. The highest BCUT2D eigenvalue weighted by molar-refractivity contribution is 5.94. The highest BCUT2D eigenvalue weighted by atomic mass is 16.5. The Morgan fingerprint density at radius 2 is 1.93 bits per heavy atom. The number of methoxy groups -OCH3 is 2. The van der Waals surface area contributed by atoms with E-state index in [4.69, 9.17) is 14.0 Å². The Morgan fingerprint density at radius 1 is 1.22 bits per heavy atom. The molecule has 27 heavy (non-hydrogen) atoms. The molecule has 1 N–H and O–H groups in total. The molecule has 0 aliphatic heterocycles. The van der Waals surface area contributed by atoms with Crippen molar-refractivity contribution in [2.24, 2.45) is 0 Å². The van der Waals surface area contributed by atoms with Gasteiger partial charge in [0.05, 0.1) is 25.3 Å². The lowest BCUT2D eigenvalue weighted by Crippen LogP contribution is -2.34. The molecule has 1 atom stereocenters. The summed E-state index contributed by atoms with van der Waals surface area (Å²) < 4.78 is 16.6. The molecule has 9 nitrogen and oxygen atoms in total. The molecular formula is C18H20N4O5. The van der Waals surface area contributed by atoms with Crippen molar-refractivity contribution in [3.8, 4) is 11.5 Å². The summed E-state index contributed by atoms with van der Waals surface area (Å²) in [5, 5.41) is 11.4. The molecule has 142 valence electrons. The third kappa shape index (κ3) is 3.23. The second-order valence-corrected chi connectivity index (χ2v) is 6.03. The molecule has 0 saturated carbocycles. The van der Waals surface area contributed by atoms with Gasteiger partial charge in [-0.1, -0.05) is 5.16 Å². The number of anilines is 1. The Morgan fingerprint density at radius 3 is 2.59 bits per heavy atom. The van der Waals surface area contributed by atoms with Crippen molar-refractivity contribution in [3.05, 3.63) is 40.0 Å². The molecule has 0 saturated heterocycles. The van der Waals surface area contributed by atoms with Crippen LogP contribution in [-0.2, 0) is 4.79 Å². The maximum atomic E-state index is 12.6. The van der Waals surface area contributed by atoms with Gasteiger partial charge in [-0.15, -0.1) is 0 Å². The van der Waals surface area contributed by atoms with Gasteiger partial charge in [0.25, 0.3) is 5.56 Å². The van der Waals surface area contributed by atoms with E-state index in [1.807, 2.05) is 0 Å². The van der Waals surface area contributed by atoms with E-state index in [1.165, 1.54) is 14.2 Å². The van der Waals surface area contributed by atoms with Gasteiger partial charge in [0.15, 0.2) is 17.0 Å². The zero-order valence-corrected chi connectivity index (χ0v) is 15.7. The smallest absolute Gasteiger partial charge is 0.297 e. The number of nitrogens with one attached hydrogen (secondary N) is 1. The third-order valence-electron chi connectivity index (χ3n) is 4.29. The van der Waals surface area contributed by atoms with Crippen molar-refractivity contribution < 1.29 is 18.8 Å². The van der Waals surface area contributed by atoms with E-state index in [9.17, 15) is 9.59 Å². The zero-order chi connectivity index (χ0) is 19.7. The molecule has 0 bridgehead atoms. The topological polar surface area (TPSA) is 108 Å². The van der Waals surface area contributed by atoms with Gasteiger partial charge in [0.1, 0.15) is 11.8 Å². The number of ether oxygens (including phenoxy) is 2. The van der Waals surface area contributed by atoms with Crippen molar-refractivity contribution in [3.63, 3.8) is 0 Å². The maximum absolute atomic E-state index is 12.6. The van der Waals surface area contributed by atoms with Crippen LogP contribution in [-0.4, -0.2) is 35.1 Å². The van der Waals surface area contributed by atoms with Crippen molar-refractivity contribution in [2.75, 3.05) is 19.5 Å². The van der Waals surface area contributed by atoms with E-state index < -0.39 is 17.5 Å². The first-order valence-electron chi connectivity index (χ1n) is 8.25. The number of benzene rings is 1. The number of nitrogens with zero attached hydrogens (tertiary/aromatic N) is 3. The molecule has 1 aromatic carbocycles. The molecule has 3 aromatic rings. The zero-order valence-electron chi connectivity index (χ0n) is 15.7. The Hall–Kier alpha value is -3.36. The molecule has 1 amide bonds. The highest BCUT2D eigenvalue weighted by Gasteiger charge is 2.22. The van der Waals surface area contributed by atoms with Crippen LogP contribution in [0.5, 0.6) is 11.5 Å². The predicted molar refractivity (Wildman–Crippen MR) is 98.4 cm³/mol. The summed E-state index contributed by atoms with van der Waals surface area (Å²) in [7, 11) is 3.04. The van der Waals surface area contributed by atoms with Crippen LogP contribution in [0.4, 0.5) is 5.69 Å². The first-order chi connectivity index (χ1) is 12.9. The van der Waals surface area contributed by atoms with Crippen molar-refractivity contribution in [2.45, 2.75) is 26.8 Å². The molecule has 2 heterocycles. The molecule has 0 radical (unpaired) electrons. The Balaban J connectivity index is 1.91. The average molecular weight is 372 g/mol. The Labute approximate surface area is 154 Å². The second kappa shape index (κ2) is 7.10. The average Bonchev–Trinajstić information content (AvgIpc) is 3.06. The number of amides is 1. The lowest BCUT2D eigenvalue weighted by molar-refractivity contribution is -0.119. The van der Waals surface area contributed by atoms with Crippen LogP contribution in [0.2, 0.25) is 0 Å². The van der Waals surface area contributed by atoms with E-state index in [0.717, 1.165) is 4.68 Å². The molecule has 0 aliphatic carbocycles. The van der Waals surface area contributed by atoms with Crippen LogP contribution in [0.25, 0.3) is 10.9 Å². The van der Waals surface area contributed by atoms with Gasteiger partial charge in [-0.2, -0.15) is 5.10 Å². The van der Waals surface area contributed by atoms with Crippen LogP contribution < -0.4 is 20.3 Å². The first kappa shape index (κ1) is 18.4. The minimum atomic E-state index is -0.856. The van der Waals surface area contributed by atoms with Crippen LogP contribution in [0, 0.1) is 13.8 Å². The number of hydrogen-bond acceptors (Lipinski definition) is 7. The summed E-state index contributed by atoms with van der Waals surface area (Å²) in [5.41, 5.74) is 0.745. The molecule has 0 aliphatic rings. The summed E-state index contributed by atoms with van der Waals surface area (Å²) in [4.78, 5) is 25.3. The van der Waals surface area contributed by atoms with E-state index in [1.54, 1.807) is 39.0 Å². The monoisotopic (exact) mass is 372 g/mol. The number of aromatic nitrogens is 3. The van der Waals surface area contributed by atoms with E-state index >= 15 is 0 Å². The van der Waals surface area contributed by atoms with Gasteiger partial charge in [-0.05, 0) is 32.9 Å². The van der Waals surface area contributed by atoms with E-state index in [-0.39, 0.29) is 5.52 Å². The molecule has 0 fully saturated rings. The standard InChI is InChI=1S/C18H20N4O5/c1-9-15-11(3)27-21-16(15)18(24)22(20-9)10(2)17(23)19-12-6-7-13(25-4)14(8-12)26-5/h6-8,10H,1-5H3,(H,19,23). The minimum absolute atomic E-state index is 0.158. The van der Waals surface area contributed by atoms with Gasteiger partial charge in [-0.3, -0.25) is 9.59 Å². The fraction of sp³-hybridized carbons (Fsp3) is 0.333. The molecule has 3 rings (SSSR count). The summed E-state index contributed by atoms with van der Waals surface area (Å²) in [6.07, 6.45) is 0. The van der Waals surface area contributed by atoms with Crippen molar-refractivity contribution >= 4 is 22.5 Å². The summed E-state index contributed by atoms with van der Waals surface area (Å²) in [5.74, 6) is 1.13. The Kier molecular flexibility index (Phi) is 4.85. The van der Waals surface area contributed by atoms with Crippen LogP contribution in [0.1, 0.15) is 24.4 Å². The quantitative estimate of drug-likeness (QED) is 0.731. The molecule has 1 unspecified atom stereocenters. The second-order valence-electron chi connectivity index (χ2n) is 6.03. The fourth-order valence-electron chi connectivity index (χ4n) is 2.84. The molecular weight excluding hydrogens is 352 g/mol. The van der Waals surface area contributed by atoms with Gasteiger partial charge in [0.2, 0.25) is 5.91 Å². The molecule has 2 aromatic heterocycles. The number of fused-ring (bicyclic) bond motifs is 1. The van der Waals surface area contributed by atoms with E-state index in [2.05, 4.69) is 15.6 Å². The molecule has 9 heteroatoms. The lowest BCUT2D eigenvalue weighted by Gasteiger charge is -2.15. The van der Waals surface area contributed by atoms with Crippen molar-refractivity contribution in [1.29, 1.82) is 0 Å². The highest BCUT2D eigenvalue weighted by Crippen LogP contribution is 2.30. The normalized spacial score (nSPS) is 12.0. The SMILES string of the molecule is COc1ccc(NC(=O)C(C)n2nc(C)c3c(C)onc3c2=O)cc1OC. The summed E-state index contributed by atoms with van der Waals surface area (Å²) in [6, 6.07) is 4.13. The number of carbonyl (C=O) groups excluding carboxylic acids is 1.